The van der Waals surface area contributed by atoms with Crippen LogP contribution in [0.2, 0.25) is 0 Å². The van der Waals surface area contributed by atoms with Crippen molar-refractivity contribution in [3.8, 4) is 11.5 Å². The summed E-state index contributed by atoms with van der Waals surface area (Å²) in [6.07, 6.45) is 1.71. The van der Waals surface area contributed by atoms with Crippen LogP contribution in [0.1, 0.15) is 5.56 Å². The van der Waals surface area contributed by atoms with Crippen LogP contribution in [-0.2, 0) is 0 Å². The molecular weight excluding hydrogens is 341 g/mol. The molecule has 3 nitrogen and oxygen atoms in total. The molecule has 1 N–H and O–H groups in total. The molecule has 0 radical (unpaired) electrons. The molecular formula is C14H12INO2. The van der Waals surface area contributed by atoms with Crippen LogP contribution in [0.4, 0.5) is 5.69 Å². The Morgan fingerprint density at radius 2 is 1.89 bits per heavy atom. The summed E-state index contributed by atoms with van der Waals surface area (Å²) in [7, 11) is 1.52. The zero-order chi connectivity index (χ0) is 13.0. The van der Waals surface area contributed by atoms with Gasteiger partial charge in [0.2, 0.25) is 0 Å². The molecule has 0 fully saturated rings. The summed E-state index contributed by atoms with van der Waals surface area (Å²) in [5, 5.41) is 9.64. The SMILES string of the molecule is COc1ccc(C=Nc2ccc(I)cc2)cc1O. The van der Waals surface area contributed by atoms with Gasteiger partial charge in [0.25, 0.3) is 0 Å². The van der Waals surface area contributed by atoms with E-state index < -0.39 is 0 Å². The highest BCUT2D eigenvalue weighted by atomic mass is 127. The summed E-state index contributed by atoms with van der Waals surface area (Å²) in [6, 6.07) is 13.1. The van der Waals surface area contributed by atoms with Gasteiger partial charge in [0.15, 0.2) is 11.5 Å². The van der Waals surface area contributed by atoms with E-state index in [0.29, 0.717) is 5.75 Å². The maximum atomic E-state index is 9.64. The fraction of sp³-hybridized carbons (Fsp3) is 0.0714. The van der Waals surface area contributed by atoms with Gasteiger partial charge in [-0.1, -0.05) is 0 Å². The van der Waals surface area contributed by atoms with Crippen LogP contribution >= 0.6 is 22.6 Å². The van der Waals surface area contributed by atoms with Crippen LogP contribution in [0.3, 0.4) is 0 Å². The van der Waals surface area contributed by atoms with Crippen molar-refractivity contribution in [1.82, 2.24) is 0 Å². The van der Waals surface area contributed by atoms with E-state index in [4.69, 9.17) is 4.74 Å². The third-order valence-corrected chi connectivity index (χ3v) is 3.11. The Hall–Kier alpha value is -1.56. The number of benzene rings is 2. The second-order valence-corrected chi connectivity index (χ2v) is 4.91. The number of hydrogen-bond acceptors (Lipinski definition) is 3. The molecule has 2 aromatic rings. The van der Waals surface area contributed by atoms with Gasteiger partial charge in [0.05, 0.1) is 12.8 Å². The van der Waals surface area contributed by atoms with E-state index in [0.717, 1.165) is 11.3 Å². The maximum absolute atomic E-state index is 9.64. The zero-order valence-corrected chi connectivity index (χ0v) is 12.0. The Bertz CT molecular complexity index is 565. The van der Waals surface area contributed by atoms with Gasteiger partial charge in [0, 0.05) is 9.78 Å². The van der Waals surface area contributed by atoms with E-state index in [2.05, 4.69) is 27.6 Å². The zero-order valence-electron chi connectivity index (χ0n) is 9.80. The van der Waals surface area contributed by atoms with Crippen LogP contribution in [0.5, 0.6) is 11.5 Å². The van der Waals surface area contributed by atoms with Gasteiger partial charge in [-0.15, -0.1) is 0 Å². The maximum Gasteiger partial charge on any atom is 0.160 e. The Kier molecular flexibility index (Phi) is 4.19. The normalized spacial score (nSPS) is 10.8. The van der Waals surface area contributed by atoms with Crippen LogP contribution in [-0.4, -0.2) is 18.4 Å². The molecule has 18 heavy (non-hydrogen) atoms. The van der Waals surface area contributed by atoms with E-state index in [1.54, 1.807) is 18.3 Å². The van der Waals surface area contributed by atoms with E-state index in [1.165, 1.54) is 10.7 Å². The van der Waals surface area contributed by atoms with Crippen LogP contribution in [0, 0.1) is 3.57 Å². The lowest BCUT2D eigenvalue weighted by atomic mass is 10.2. The molecule has 0 atom stereocenters. The Labute approximate surface area is 119 Å². The monoisotopic (exact) mass is 353 g/mol. The van der Waals surface area contributed by atoms with Gasteiger partial charge >= 0.3 is 0 Å². The first-order valence-corrected chi connectivity index (χ1v) is 6.43. The van der Waals surface area contributed by atoms with E-state index in [9.17, 15) is 5.11 Å². The first kappa shape index (κ1) is 12.9. The summed E-state index contributed by atoms with van der Waals surface area (Å²) in [5.41, 5.74) is 1.71. The number of hydrogen-bond donors (Lipinski definition) is 1. The highest BCUT2D eigenvalue weighted by molar-refractivity contribution is 14.1. The van der Waals surface area contributed by atoms with Crippen LogP contribution < -0.4 is 4.74 Å². The lowest BCUT2D eigenvalue weighted by Gasteiger charge is -2.03. The highest BCUT2D eigenvalue weighted by Gasteiger charge is 2.00. The van der Waals surface area contributed by atoms with Crippen LogP contribution in [0.25, 0.3) is 0 Å². The van der Waals surface area contributed by atoms with Crippen molar-refractivity contribution >= 4 is 34.5 Å². The predicted octanol–water partition coefficient (Wildman–Crippen LogP) is 3.76. The number of rotatable bonds is 3. The smallest absolute Gasteiger partial charge is 0.160 e. The molecule has 0 heterocycles. The molecule has 0 spiro atoms. The molecule has 0 saturated carbocycles. The van der Waals surface area contributed by atoms with Gasteiger partial charge in [-0.2, -0.15) is 0 Å². The molecule has 0 aliphatic carbocycles. The first-order chi connectivity index (χ1) is 8.69. The molecule has 2 aromatic carbocycles. The Balaban J connectivity index is 2.18. The van der Waals surface area contributed by atoms with Gasteiger partial charge in [-0.3, -0.25) is 4.99 Å². The fourth-order valence-electron chi connectivity index (χ4n) is 1.46. The van der Waals surface area contributed by atoms with E-state index in [1.807, 2.05) is 30.3 Å². The largest absolute Gasteiger partial charge is 0.504 e. The molecule has 0 aliphatic rings. The number of phenols is 1. The van der Waals surface area contributed by atoms with Gasteiger partial charge in [0.1, 0.15) is 0 Å². The molecule has 0 aliphatic heterocycles. The van der Waals surface area contributed by atoms with Crippen molar-refractivity contribution < 1.29 is 9.84 Å². The second kappa shape index (κ2) is 5.86. The minimum absolute atomic E-state index is 0.115. The number of nitrogens with zero attached hydrogens (tertiary/aromatic N) is 1. The summed E-state index contributed by atoms with van der Waals surface area (Å²) >= 11 is 2.25. The fourth-order valence-corrected chi connectivity index (χ4v) is 1.82. The predicted molar refractivity (Wildman–Crippen MR) is 81.1 cm³/mol. The number of aliphatic imine (C=N–C) groups is 1. The van der Waals surface area contributed by atoms with Crippen molar-refractivity contribution in [3.05, 3.63) is 51.6 Å². The third-order valence-electron chi connectivity index (χ3n) is 2.39. The topological polar surface area (TPSA) is 41.8 Å². The number of ether oxygens (including phenoxy) is 1. The molecule has 4 heteroatoms. The molecule has 0 aromatic heterocycles. The van der Waals surface area contributed by atoms with Crippen molar-refractivity contribution in [2.75, 3.05) is 7.11 Å². The number of phenolic OH excluding ortho intramolecular Hbond substituents is 1. The summed E-state index contributed by atoms with van der Waals surface area (Å²) in [4.78, 5) is 4.33. The average Bonchev–Trinajstić information content (AvgIpc) is 2.38. The van der Waals surface area contributed by atoms with Crippen molar-refractivity contribution in [3.63, 3.8) is 0 Å². The minimum Gasteiger partial charge on any atom is -0.504 e. The van der Waals surface area contributed by atoms with E-state index >= 15 is 0 Å². The van der Waals surface area contributed by atoms with E-state index in [-0.39, 0.29) is 5.75 Å². The summed E-state index contributed by atoms with van der Waals surface area (Å²) in [5.74, 6) is 0.575. The van der Waals surface area contributed by atoms with Gasteiger partial charge < -0.3 is 9.84 Å². The highest BCUT2D eigenvalue weighted by Crippen LogP contribution is 2.25. The average molecular weight is 353 g/mol. The number of methoxy groups -OCH3 is 1. The first-order valence-electron chi connectivity index (χ1n) is 5.35. The van der Waals surface area contributed by atoms with Gasteiger partial charge in [-0.25, -0.2) is 0 Å². The standard InChI is InChI=1S/C14H12INO2/c1-18-14-7-2-10(8-13(14)17)9-16-12-5-3-11(15)4-6-12/h2-9,17H,1H3. The molecule has 0 unspecified atom stereocenters. The van der Waals surface area contributed by atoms with Gasteiger partial charge in [-0.05, 0) is 70.6 Å². The molecule has 0 amide bonds. The third kappa shape index (κ3) is 3.22. The summed E-state index contributed by atoms with van der Waals surface area (Å²) in [6.45, 7) is 0. The second-order valence-electron chi connectivity index (χ2n) is 3.67. The number of halogens is 1. The Morgan fingerprint density at radius 1 is 1.17 bits per heavy atom. The molecule has 2 rings (SSSR count). The van der Waals surface area contributed by atoms with Crippen molar-refractivity contribution in [2.24, 2.45) is 4.99 Å². The number of aromatic hydroxyl groups is 1. The lowest BCUT2D eigenvalue weighted by molar-refractivity contribution is 0.373. The lowest BCUT2D eigenvalue weighted by Crippen LogP contribution is -1.86. The molecule has 92 valence electrons. The molecule has 0 bridgehead atoms. The minimum atomic E-state index is 0.115. The van der Waals surface area contributed by atoms with Crippen molar-refractivity contribution in [1.29, 1.82) is 0 Å². The van der Waals surface area contributed by atoms with Crippen LogP contribution in [0.15, 0.2) is 47.5 Å². The summed E-state index contributed by atoms with van der Waals surface area (Å²) < 4.78 is 6.16. The quantitative estimate of drug-likeness (QED) is 0.675. The van der Waals surface area contributed by atoms with Crippen molar-refractivity contribution in [2.45, 2.75) is 0 Å². The molecule has 0 saturated heterocycles. The Morgan fingerprint density at radius 3 is 2.50 bits per heavy atom.